The molecule has 0 fully saturated rings. The Labute approximate surface area is 138 Å². The summed E-state index contributed by atoms with van der Waals surface area (Å²) < 4.78 is 25.8. The molecule has 24 heavy (non-hydrogen) atoms. The molecule has 0 bridgehead atoms. The highest BCUT2D eigenvalue weighted by atomic mass is 19.3. The lowest BCUT2D eigenvalue weighted by molar-refractivity contribution is 0.122. The van der Waals surface area contributed by atoms with Crippen molar-refractivity contribution in [1.29, 1.82) is 0 Å². The number of aromatic nitrogens is 2. The van der Waals surface area contributed by atoms with Gasteiger partial charge in [0.25, 0.3) is 6.43 Å². The molecule has 1 aliphatic heterocycles. The molecule has 0 radical (unpaired) electrons. The third-order valence-corrected chi connectivity index (χ3v) is 3.97. The molecular formula is C16H19F2N5O. The van der Waals surface area contributed by atoms with Gasteiger partial charge in [0.15, 0.2) is 0 Å². The van der Waals surface area contributed by atoms with Gasteiger partial charge in [0, 0.05) is 38.6 Å². The van der Waals surface area contributed by atoms with Gasteiger partial charge in [0.1, 0.15) is 6.54 Å². The van der Waals surface area contributed by atoms with E-state index in [9.17, 15) is 13.6 Å². The summed E-state index contributed by atoms with van der Waals surface area (Å²) in [5.74, 6) is 0. The van der Waals surface area contributed by atoms with E-state index in [-0.39, 0.29) is 6.03 Å². The molecule has 0 unspecified atom stereocenters. The van der Waals surface area contributed by atoms with Crippen LogP contribution in [0.3, 0.4) is 0 Å². The van der Waals surface area contributed by atoms with Crippen molar-refractivity contribution in [3.8, 4) is 0 Å². The number of benzene rings is 1. The molecule has 0 spiro atoms. The fourth-order valence-electron chi connectivity index (χ4n) is 2.74. The van der Waals surface area contributed by atoms with E-state index in [0.717, 1.165) is 22.5 Å². The molecule has 2 aromatic rings. The first-order valence-corrected chi connectivity index (χ1v) is 7.68. The minimum Gasteiger partial charge on any atom is -0.373 e. The molecule has 0 aliphatic carbocycles. The second kappa shape index (κ2) is 6.86. The summed E-state index contributed by atoms with van der Waals surface area (Å²) in [6, 6.07) is 7.69. The molecule has 1 aromatic heterocycles. The third kappa shape index (κ3) is 3.64. The van der Waals surface area contributed by atoms with Crippen molar-refractivity contribution in [3.63, 3.8) is 0 Å². The van der Waals surface area contributed by atoms with Crippen LogP contribution in [-0.2, 0) is 13.1 Å². The van der Waals surface area contributed by atoms with Crippen LogP contribution >= 0.6 is 0 Å². The molecule has 1 aliphatic rings. The van der Waals surface area contributed by atoms with Gasteiger partial charge in [0.2, 0.25) is 0 Å². The second-order valence-electron chi connectivity index (χ2n) is 5.74. The highest BCUT2D eigenvalue weighted by molar-refractivity contribution is 5.89. The van der Waals surface area contributed by atoms with E-state index < -0.39 is 13.0 Å². The number of halogens is 2. The quantitative estimate of drug-likeness (QED) is 0.938. The SMILES string of the molecule is CN1CCN(C(=O)Nc2cnn(CC(F)F)c2)Cc2ccccc21. The lowest BCUT2D eigenvalue weighted by Crippen LogP contribution is -2.37. The number of rotatable bonds is 3. The third-order valence-electron chi connectivity index (χ3n) is 3.97. The van der Waals surface area contributed by atoms with Crippen LogP contribution in [0, 0.1) is 0 Å². The largest absolute Gasteiger partial charge is 0.373 e. The molecule has 0 saturated heterocycles. The first-order chi connectivity index (χ1) is 11.5. The fraction of sp³-hybridized carbons (Fsp3) is 0.375. The Balaban J connectivity index is 1.68. The number of urea groups is 1. The maximum Gasteiger partial charge on any atom is 0.322 e. The Hall–Kier alpha value is -2.64. The lowest BCUT2D eigenvalue weighted by Gasteiger charge is -2.21. The Kier molecular flexibility index (Phi) is 4.64. The van der Waals surface area contributed by atoms with Crippen molar-refractivity contribution in [2.45, 2.75) is 19.5 Å². The Morgan fingerprint density at radius 1 is 1.33 bits per heavy atom. The van der Waals surface area contributed by atoms with Crippen LogP contribution < -0.4 is 10.2 Å². The zero-order chi connectivity index (χ0) is 17.1. The Morgan fingerprint density at radius 3 is 2.92 bits per heavy atom. The first kappa shape index (κ1) is 16.2. The summed E-state index contributed by atoms with van der Waals surface area (Å²) in [7, 11) is 1.99. The highest BCUT2D eigenvalue weighted by Gasteiger charge is 2.21. The topological polar surface area (TPSA) is 53.4 Å². The van der Waals surface area contributed by atoms with Gasteiger partial charge in [-0.1, -0.05) is 18.2 Å². The maximum atomic E-state index is 12.5. The van der Waals surface area contributed by atoms with E-state index in [1.165, 1.54) is 12.4 Å². The van der Waals surface area contributed by atoms with Gasteiger partial charge in [-0.3, -0.25) is 4.68 Å². The van der Waals surface area contributed by atoms with Gasteiger partial charge in [0.05, 0.1) is 11.9 Å². The van der Waals surface area contributed by atoms with Crippen molar-refractivity contribution in [2.24, 2.45) is 0 Å². The van der Waals surface area contributed by atoms with Gasteiger partial charge in [-0.25, -0.2) is 13.6 Å². The molecular weight excluding hydrogens is 316 g/mol. The predicted octanol–water partition coefficient (Wildman–Crippen LogP) is 2.63. The van der Waals surface area contributed by atoms with E-state index in [2.05, 4.69) is 15.3 Å². The molecule has 6 nitrogen and oxygen atoms in total. The molecule has 2 amide bonds. The van der Waals surface area contributed by atoms with Gasteiger partial charge in [-0.15, -0.1) is 0 Å². The van der Waals surface area contributed by atoms with E-state index >= 15 is 0 Å². The van der Waals surface area contributed by atoms with E-state index in [1.807, 2.05) is 31.3 Å². The number of alkyl halides is 2. The minimum atomic E-state index is -2.48. The van der Waals surface area contributed by atoms with Gasteiger partial charge < -0.3 is 15.1 Å². The summed E-state index contributed by atoms with van der Waals surface area (Å²) in [6.45, 7) is 1.30. The molecule has 0 atom stereocenters. The number of nitrogens with one attached hydrogen (secondary N) is 1. The number of nitrogens with zero attached hydrogens (tertiary/aromatic N) is 4. The van der Waals surface area contributed by atoms with Crippen molar-refractivity contribution in [1.82, 2.24) is 14.7 Å². The number of carbonyl (C=O) groups excluding carboxylic acids is 1. The summed E-state index contributed by atoms with van der Waals surface area (Å²) >= 11 is 0. The molecule has 0 saturated carbocycles. The van der Waals surface area contributed by atoms with Crippen molar-refractivity contribution in [3.05, 3.63) is 42.2 Å². The lowest BCUT2D eigenvalue weighted by atomic mass is 10.1. The van der Waals surface area contributed by atoms with Crippen LogP contribution in [0.5, 0.6) is 0 Å². The summed E-state index contributed by atoms with van der Waals surface area (Å²) in [5, 5.41) is 6.54. The van der Waals surface area contributed by atoms with Crippen LogP contribution in [0.25, 0.3) is 0 Å². The number of hydrogen-bond acceptors (Lipinski definition) is 3. The molecule has 8 heteroatoms. The molecule has 2 heterocycles. The number of anilines is 2. The molecule has 1 aromatic carbocycles. The number of fused-ring (bicyclic) bond motifs is 1. The summed E-state index contributed by atoms with van der Waals surface area (Å²) in [6.07, 6.45) is 0.297. The minimum absolute atomic E-state index is 0.267. The number of hydrogen-bond donors (Lipinski definition) is 1. The average molecular weight is 335 g/mol. The summed E-state index contributed by atoms with van der Waals surface area (Å²) in [5.41, 5.74) is 2.59. The number of likely N-dealkylation sites (N-methyl/N-ethyl adjacent to an activating group) is 1. The van der Waals surface area contributed by atoms with Crippen LogP contribution in [-0.4, -0.2) is 47.3 Å². The van der Waals surface area contributed by atoms with Crippen molar-refractivity contribution >= 4 is 17.4 Å². The second-order valence-corrected chi connectivity index (χ2v) is 5.74. The van der Waals surface area contributed by atoms with Crippen LogP contribution in [0.4, 0.5) is 25.0 Å². The monoisotopic (exact) mass is 335 g/mol. The van der Waals surface area contributed by atoms with Gasteiger partial charge >= 0.3 is 6.03 Å². The van der Waals surface area contributed by atoms with Crippen LogP contribution in [0.1, 0.15) is 5.56 Å². The summed E-state index contributed by atoms with van der Waals surface area (Å²) in [4.78, 5) is 16.3. The average Bonchev–Trinajstić information content (AvgIpc) is 2.89. The van der Waals surface area contributed by atoms with Crippen molar-refractivity contribution < 1.29 is 13.6 Å². The van der Waals surface area contributed by atoms with Crippen molar-refractivity contribution in [2.75, 3.05) is 30.4 Å². The standard InChI is InChI=1S/C16H19F2N5O/c1-21-6-7-22(9-12-4-2-3-5-14(12)21)16(24)20-13-8-19-23(10-13)11-15(17)18/h2-5,8,10,15H,6-7,9,11H2,1H3,(H,20,24). The van der Waals surface area contributed by atoms with E-state index in [1.54, 1.807) is 4.90 Å². The van der Waals surface area contributed by atoms with Crippen LogP contribution in [0.15, 0.2) is 36.7 Å². The zero-order valence-electron chi connectivity index (χ0n) is 13.3. The number of amides is 2. The number of carbonyl (C=O) groups is 1. The van der Waals surface area contributed by atoms with E-state index in [4.69, 9.17) is 0 Å². The normalized spacial score (nSPS) is 14.5. The highest BCUT2D eigenvalue weighted by Crippen LogP contribution is 2.24. The van der Waals surface area contributed by atoms with Crippen LogP contribution in [0.2, 0.25) is 0 Å². The van der Waals surface area contributed by atoms with E-state index in [0.29, 0.717) is 18.8 Å². The van der Waals surface area contributed by atoms with Gasteiger partial charge in [-0.05, 0) is 11.6 Å². The molecule has 128 valence electrons. The Morgan fingerprint density at radius 2 is 2.12 bits per heavy atom. The fourth-order valence-corrected chi connectivity index (χ4v) is 2.74. The maximum absolute atomic E-state index is 12.5. The predicted molar refractivity (Wildman–Crippen MR) is 87.4 cm³/mol. The first-order valence-electron chi connectivity index (χ1n) is 7.68. The zero-order valence-corrected chi connectivity index (χ0v) is 13.3. The Bertz CT molecular complexity index is 718. The smallest absolute Gasteiger partial charge is 0.322 e. The molecule has 1 N–H and O–H groups in total. The molecule has 3 rings (SSSR count). The number of para-hydroxylation sites is 1. The van der Waals surface area contributed by atoms with Gasteiger partial charge in [-0.2, -0.15) is 5.10 Å².